The molecule has 0 bridgehead atoms. The molecule has 1 saturated carbocycles. The van der Waals surface area contributed by atoms with Crippen LogP contribution in [0.4, 0.5) is 0 Å². The first-order valence-corrected chi connectivity index (χ1v) is 10.7. The zero-order valence-corrected chi connectivity index (χ0v) is 15.6. The average molecular weight is 377 g/mol. The van der Waals surface area contributed by atoms with E-state index in [1.54, 1.807) is 4.90 Å². The number of amides is 1. The largest absolute Gasteiger partial charge is 0.452 e. The number of esters is 1. The van der Waals surface area contributed by atoms with Gasteiger partial charge in [0.1, 0.15) is 0 Å². The Labute approximate surface area is 153 Å². The summed E-state index contributed by atoms with van der Waals surface area (Å²) in [5, 5.41) is 0. The monoisotopic (exact) mass is 377 g/mol. The van der Waals surface area contributed by atoms with Crippen LogP contribution in [0.2, 0.25) is 0 Å². The van der Waals surface area contributed by atoms with Crippen molar-refractivity contribution in [3.05, 3.63) is 41.6 Å². The van der Waals surface area contributed by atoms with E-state index in [4.69, 9.17) is 4.74 Å². The Morgan fingerprint density at radius 3 is 2.38 bits per heavy atom. The highest BCUT2D eigenvalue weighted by Crippen LogP contribution is 2.33. The summed E-state index contributed by atoms with van der Waals surface area (Å²) in [6.45, 7) is -0.305. The van der Waals surface area contributed by atoms with Crippen LogP contribution in [0.25, 0.3) is 0 Å². The number of carbonyl (C=O) groups excluding carboxylic acids is 2. The standard InChI is InChI=1S/C19H23NO5S/c1-26(23,24)17-11-7-14(8-12-17)19(22)25-13-18(21)20(16-9-10-16)15-5-3-2-4-6-15/h5,7-8,11-12,16H,2-4,6,9-10,13H2,1H3. The van der Waals surface area contributed by atoms with E-state index < -0.39 is 15.8 Å². The van der Waals surface area contributed by atoms with Gasteiger partial charge in [0, 0.05) is 18.0 Å². The van der Waals surface area contributed by atoms with Crippen LogP contribution in [0.3, 0.4) is 0 Å². The third-order valence-electron chi connectivity index (χ3n) is 4.60. The summed E-state index contributed by atoms with van der Waals surface area (Å²) >= 11 is 0. The fourth-order valence-electron chi connectivity index (χ4n) is 3.09. The summed E-state index contributed by atoms with van der Waals surface area (Å²) < 4.78 is 28.1. The lowest BCUT2D eigenvalue weighted by molar-refractivity contribution is -0.133. The van der Waals surface area contributed by atoms with Gasteiger partial charge in [-0.25, -0.2) is 13.2 Å². The summed E-state index contributed by atoms with van der Waals surface area (Å²) in [7, 11) is -3.32. The second-order valence-electron chi connectivity index (χ2n) is 6.81. The number of nitrogens with zero attached hydrogens (tertiary/aromatic N) is 1. The van der Waals surface area contributed by atoms with E-state index in [2.05, 4.69) is 6.08 Å². The zero-order chi connectivity index (χ0) is 18.7. The Hall–Kier alpha value is -2.15. The van der Waals surface area contributed by atoms with Gasteiger partial charge in [-0.1, -0.05) is 6.08 Å². The van der Waals surface area contributed by atoms with Crippen molar-refractivity contribution >= 4 is 21.7 Å². The molecule has 2 aliphatic rings. The Morgan fingerprint density at radius 1 is 1.15 bits per heavy atom. The molecule has 0 saturated heterocycles. The molecular formula is C19H23NO5S. The molecule has 0 unspecified atom stereocenters. The lowest BCUT2D eigenvalue weighted by Crippen LogP contribution is -2.36. The average Bonchev–Trinajstić information content (AvgIpc) is 3.45. The fourth-order valence-corrected chi connectivity index (χ4v) is 3.72. The Kier molecular flexibility index (Phi) is 5.46. The van der Waals surface area contributed by atoms with Gasteiger partial charge in [-0.15, -0.1) is 0 Å². The minimum absolute atomic E-state index is 0.134. The maximum absolute atomic E-state index is 12.6. The number of sulfone groups is 1. The van der Waals surface area contributed by atoms with Gasteiger partial charge in [-0.3, -0.25) is 4.79 Å². The lowest BCUT2D eigenvalue weighted by atomic mass is 10.0. The minimum Gasteiger partial charge on any atom is -0.452 e. The molecule has 6 nitrogen and oxygen atoms in total. The summed E-state index contributed by atoms with van der Waals surface area (Å²) in [5.41, 5.74) is 1.28. The quantitative estimate of drug-likeness (QED) is 0.712. The van der Waals surface area contributed by atoms with Crippen LogP contribution in [-0.4, -0.2) is 44.1 Å². The van der Waals surface area contributed by atoms with Crippen LogP contribution < -0.4 is 0 Å². The van der Waals surface area contributed by atoms with E-state index in [1.165, 1.54) is 24.3 Å². The molecule has 1 amide bonds. The van der Waals surface area contributed by atoms with Gasteiger partial charge in [0.25, 0.3) is 5.91 Å². The third kappa shape index (κ3) is 4.52. The molecular weight excluding hydrogens is 354 g/mol. The number of benzene rings is 1. The highest BCUT2D eigenvalue weighted by Gasteiger charge is 2.35. The molecule has 0 spiro atoms. The Bertz CT molecular complexity index is 822. The molecule has 0 aromatic heterocycles. The van der Waals surface area contributed by atoms with Crippen LogP contribution in [-0.2, 0) is 19.4 Å². The van der Waals surface area contributed by atoms with E-state index >= 15 is 0 Å². The third-order valence-corrected chi connectivity index (χ3v) is 5.73. The molecule has 1 aromatic carbocycles. The highest BCUT2D eigenvalue weighted by atomic mass is 32.2. The molecule has 1 fully saturated rings. The topological polar surface area (TPSA) is 80.7 Å². The van der Waals surface area contributed by atoms with E-state index in [0.29, 0.717) is 0 Å². The molecule has 1 aromatic rings. The fraction of sp³-hybridized carbons (Fsp3) is 0.474. The van der Waals surface area contributed by atoms with Gasteiger partial charge < -0.3 is 9.64 Å². The summed E-state index contributed by atoms with van der Waals surface area (Å²) in [6, 6.07) is 5.74. The smallest absolute Gasteiger partial charge is 0.338 e. The number of allylic oxidation sites excluding steroid dienone is 2. The van der Waals surface area contributed by atoms with Crippen LogP contribution in [0.15, 0.2) is 40.9 Å². The Morgan fingerprint density at radius 2 is 1.85 bits per heavy atom. The van der Waals surface area contributed by atoms with Gasteiger partial charge in [0.2, 0.25) is 0 Å². The van der Waals surface area contributed by atoms with Crippen molar-refractivity contribution in [2.75, 3.05) is 12.9 Å². The summed E-state index contributed by atoms with van der Waals surface area (Å²) in [5.74, 6) is -0.825. The molecule has 0 radical (unpaired) electrons. The van der Waals surface area contributed by atoms with Gasteiger partial charge in [-0.2, -0.15) is 0 Å². The van der Waals surface area contributed by atoms with Gasteiger partial charge >= 0.3 is 5.97 Å². The van der Waals surface area contributed by atoms with Crippen molar-refractivity contribution in [2.45, 2.75) is 49.5 Å². The van der Waals surface area contributed by atoms with Crippen molar-refractivity contribution in [3.8, 4) is 0 Å². The number of carbonyl (C=O) groups is 2. The van der Waals surface area contributed by atoms with Crippen LogP contribution in [0.1, 0.15) is 48.9 Å². The second-order valence-corrected chi connectivity index (χ2v) is 8.82. The SMILES string of the molecule is CS(=O)(=O)c1ccc(C(=O)OCC(=O)N(C2=CCCCC2)C2CC2)cc1. The van der Waals surface area contributed by atoms with Crippen LogP contribution in [0.5, 0.6) is 0 Å². The van der Waals surface area contributed by atoms with E-state index in [1.807, 2.05) is 0 Å². The van der Waals surface area contributed by atoms with Crippen LogP contribution >= 0.6 is 0 Å². The second kappa shape index (κ2) is 7.61. The maximum Gasteiger partial charge on any atom is 0.338 e. The van der Waals surface area contributed by atoms with Crippen molar-refractivity contribution in [2.24, 2.45) is 0 Å². The number of hydrogen-bond donors (Lipinski definition) is 0. The van der Waals surface area contributed by atoms with E-state index in [-0.39, 0.29) is 29.0 Å². The zero-order valence-electron chi connectivity index (χ0n) is 14.8. The molecule has 2 aliphatic carbocycles. The number of rotatable bonds is 6. The van der Waals surface area contributed by atoms with Gasteiger partial charge in [0.05, 0.1) is 10.5 Å². The van der Waals surface area contributed by atoms with Crippen molar-refractivity contribution in [1.82, 2.24) is 4.90 Å². The van der Waals surface area contributed by atoms with Crippen LogP contribution in [0, 0.1) is 0 Å². The molecule has 7 heteroatoms. The van der Waals surface area contributed by atoms with E-state index in [0.717, 1.165) is 50.5 Å². The lowest BCUT2D eigenvalue weighted by Gasteiger charge is -2.27. The number of ether oxygens (including phenoxy) is 1. The minimum atomic E-state index is -3.32. The first-order valence-electron chi connectivity index (χ1n) is 8.84. The molecule has 0 N–H and O–H groups in total. The first kappa shape index (κ1) is 18.6. The molecule has 3 rings (SSSR count). The number of hydrogen-bond acceptors (Lipinski definition) is 5. The van der Waals surface area contributed by atoms with Gasteiger partial charge in [0.15, 0.2) is 16.4 Å². The molecule has 140 valence electrons. The molecule has 0 heterocycles. The predicted molar refractivity (Wildman–Crippen MR) is 96.3 cm³/mol. The highest BCUT2D eigenvalue weighted by molar-refractivity contribution is 7.90. The van der Waals surface area contributed by atoms with Crippen molar-refractivity contribution in [1.29, 1.82) is 0 Å². The first-order chi connectivity index (χ1) is 12.4. The maximum atomic E-state index is 12.6. The van der Waals surface area contributed by atoms with Gasteiger partial charge in [-0.05, 0) is 62.8 Å². The summed E-state index contributed by atoms with van der Waals surface area (Å²) in [4.78, 5) is 26.6. The molecule has 0 aliphatic heterocycles. The Balaban J connectivity index is 1.61. The normalized spacial score (nSPS) is 17.3. The van der Waals surface area contributed by atoms with Crippen molar-refractivity contribution < 1.29 is 22.7 Å². The summed E-state index contributed by atoms with van der Waals surface area (Å²) in [6.07, 6.45) is 9.30. The molecule has 0 atom stereocenters. The predicted octanol–water partition coefficient (Wildman–Crippen LogP) is 2.70. The van der Waals surface area contributed by atoms with E-state index in [9.17, 15) is 18.0 Å². The molecule has 26 heavy (non-hydrogen) atoms. The van der Waals surface area contributed by atoms with Crippen molar-refractivity contribution in [3.63, 3.8) is 0 Å².